The van der Waals surface area contributed by atoms with Gasteiger partial charge in [-0.15, -0.1) is 0 Å². The minimum absolute atomic E-state index is 0.191. The lowest BCUT2D eigenvalue weighted by Crippen LogP contribution is -2.02. The van der Waals surface area contributed by atoms with Gasteiger partial charge >= 0.3 is 0 Å². The predicted octanol–water partition coefficient (Wildman–Crippen LogP) is 2.15. The molecule has 0 saturated heterocycles. The highest BCUT2D eigenvalue weighted by atomic mass is 19.1. The van der Waals surface area contributed by atoms with Crippen LogP contribution in [-0.4, -0.2) is 27.2 Å². The topological polar surface area (TPSA) is 102 Å². The van der Waals surface area contributed by atoms with E-state index in [2.05, 4.69) is 30.8 Å². The highest BCUT2D eigenvalue weighted by Gasteiger charge is 2.11. The molecule has 104 valence electrons. The molecule has 21 heavy (non-hydrogen) atoms. The molecule has 0 aliphatic carbocycles. The van der Waals surface area contributed by atoms with Crippen LogP contribution in [0, 0.1) is 17.1 Å². The number of benzene rings is 1. The summed E-state index contributed by atoms with van der Waals surface area (Å²) in [6, 6.07) is 5.86. The van der Waals surface area contributed by atoms with E-state index in [4.69, 9.17) is 5.26 Å². The second-order valence-electron chi connectivity index (χ2n) is 4.20. The highest BCUT2D eigenvalue weighted by Crippen LogP contribution is 2.26. The van der Waals surface area contributed by atoms with Gasteiger partial charge in [-0.25, -0.2) is 4.39 Å². The summed E-state index contributed by atoms with van der Waals surface area (Å²) >= 11 is 0. The maximum absolute atomic E-state index is 13.2. The van der Waals surface area contributed by atoms with Crippen LogP contribution in [-0.2, 0) is 0 Å². The summed E-state index contributed by atoms with van der Waals surface area (Å²) in [6.45, 7) is 0. The number of H-pyrrole nitrogens is 1. The van der Waals surface area contributed by atoms with E-state index < -0.39 is 5.82 Å². The summed E-state index contributed by atoms with van der Waals surface area (Å²) < 4.78 is 13.2. The van der Waals surface area contributed by atoms with E-state index in [9.17, 15) is 4.39 Å². The molecule has 0 saturated carbocycles. The SMILES string of the molecule is CNc1nc(Nc2ccc(F)cc2C#N)c2cn[nH]c2n1. The summed E-state index contributed by atoms with van der Waals surface area (Å²) in [6.07, 6.45) is 1.58. The second-order valence-corrected chi connectivity index (χ2v) is 4.20. The first-order valence-electron chi connectivity index (χ1n) is 6.07. The number of hydrogen-bond donors (Lipinski definition) is 3. The van der Waals surface area contributed by atoms with E-state index in [1.807, 2.05) is 6.07 Å². The maximum atomic E-state index is 13.2. The molecule has 3 rings (SSSR count). The second kappa shape index (κ2) is 5.05. The minimum Gasteiger partial charge on any atom is -0.357 e. The van der Waals surface area contributed by atoms with Crippen LogP contribution in [0.2, 0.25) is 0 Å². The number of anilines is 3. The van der Waals surface area contributed by atoms with Crippen molar-refractivity contribution in [2.45, 2.75) is 0 Å². The van der Waals surface area contributed by atoms with Crippen molar-refractivity contribution in [3.8, 4) is 6.07 Å². The molecule has 0 spiro atoms. The largest absolute Gasteiger partial charge is 0.357 e. The number of aromatic nitrogens is 4. The zero-order valence-electron chi connectivity index (χ0n) is 11.0. The molecular weight excluding hydrogens is 273 g/mol. The third-order valence-electron chi connectivity index (χ3n) is 2.89. The van der Waals surface area contributed by atoms with Crippen molar-refractivity contribution < 1.29 is 4.39 Å². The van der Waals surface area contributed by atoms with E-state index >= 15 is 0 Å². The number of halogens is 1. The average Bonchev–Trinajstić information content (AvgIpc) is 2.97. The number of rotatable bonds is 3. The van der Waals surface area contributed by atoms with Crippen LogP contribution in [0.4, 0.5) is 21.8 Å². The van der Waals surface area contributed by atoms with Crippen LogP contribution in [0.3, 0.4) is 0 Å². The van der Waals surface area contributed by atoms with E-state index in [1.165, 1.54) is 12.1 Å². The van der Waals surface area contributed by atoms with Crippen LogP contribution in [0.1, 0.15) is 5.56 Å². The smallest absolute Gasteiger partial charge is 0.226 e. The Labute approximate surface area is 118 Å². The Morgan fingerprint density at radius 1 is 1.33 bits per heavy atom. The number of nitriles is 1. The van der Waals surface area contributed by atoms with E-state index in [0.29, 0.717) is 28.5 Å². The van der Waals surface area contributed by atoms with Gasteiger partial charge in [-0.2, -0.15) is 20.3 Å². The predicted molar refractivity (Wildman–Crippen MR) is 75.6 cm³/mol. The molecule has 0 aliphatic heterocycles. The Morgan fingerprint density at radius 3 is 2.95 bits per heavy atom. The normalized spacial score (nSPS) is 10.3. The standard InChI is InChI=1S/C13H10FN7/c1-16-13-19-11(9-6-17-21-12(9)20-13)18-10-3-2-8(14)4-7(10)5-15/h2-4,6H,1H3,(H3,16,17,18,19,20,21). The lowest BCUT2D eigenvalue weighted by molar-refractivity contribution is 0.627. The summed E-state index contributed by atoms with van der Waals surface area (Å²) in [4.78, 5) is 8.50. The number of nitrogens with one attached hydrogen (secondary N) is 3. The molecule has 7 nitrogen and oxygen atoms in total. The first-order chi connectivity index (χ1) is 10.2. The Balaban J connectivity index is 2.10. The zero-order valence-corrected chi connectivity index (χ0v) is 11.0. The number of hydrogen-bond acceptors (Lipinski definition) is 6. The van der Waals surface area contributed by atoms with Crippen LogP contribution in [0.15, 0.2) is 24.4 Å². The minimum atomic E-state index is -0.468. The lowest BCUT2D eigenvalue weighted by atomic mass is 10.2. The Bertz CT molecular complexity index is 849. The van der Waals surface area contributed by atoms with Crippen molar-refractivity contribution in [2.75, 3.05) is 17.7 Å². The molecule has 2 heterocycles. The zero-order chi connectivity index (χ0) is 14.8. The van der Waals surface area contributed by atoms with Gasteiger partial charge in [0.05, 0.1) is 22.8 Å². The third kappa shape index (κ3) is 2.32. The number of fused-ring (bicyclic) bond motifs is 1. The van der Waals surface area contributed by atoms with E-state index in [1.54, 1.807) is 13.2 Å². The molecule has 1 aromatic carbocycles. The van der Waals surface area contributed by atoms with E-state index in [0.717, 1.165) is 6.07 Å². The van der Waals surface area contributed by atoms with Crippen molar-refractivity contribution in [2.24, 2.45) is 0 Å². The Morgan fingerprint density at radius 2 is 2.19 bits per heavy atom. The summed E-state index contributed by atoms with van der Waals surface area (Å²) in [5.74, 6) is 0.403. The molecule has 0 amide bonds. The quantitative estimate of drug-likeness (QED) is 0.680. The molecule has 0 unspecified atom stereocenters. The molecule has 8 heteroatoms. The van der Waals surface area contributed by atoms with Crippen molar-refractivity contribution >= 4 is 28.5 Å². The average molecular weight is 283 g/mol. The summed E-state index contributed by atoms with van der Waals surface area (Å²) in [5.41, 5.74) is 1.20. The van der Waals surface area contributed by atoms with Gasteiger partial charge in [0.25, 0.3) is 0 Å². The van der Waals surface area contributed by atoms with Crippen molar-refractivity contribution in [1.29, 1.82) is 5.26 Å². The fraction of sp³-hybridized carbons (Fsp3) is 0.0769. The maximum Gasteiger partial charge on any atom is 0.226 e. The first-order valence-corrected chi connectivity index (χ1v) is 6.07. The van der Waals surface area contributed by atoms with Crippen LogP contribution >= 0.6 is 0 Å². The van der Waals surface area contributed by atoms with Crippen molar-refractivity contribution in [3.63, 3.8) is 0 Å². The molecular formula is C13H10FN7. The van der Waals surface area contributed by atoms with Gasteiger partial charge in [0.15, 0.2) is 5.65 Å². The van der Waals surface area contributed by atoms with Gasteiger partial charge in [-0.1, -0.05) is 0 Å². The molecule has 3 aromatic rings. The van der Waals surface area contributed by atoms with Crippen LogP contribution in [0.5, 0.6) is 0 Å². The van der Waals surface area contributed by atoms with Gasteiger partial charge in [-0.3, -0.25) is 5.10 Å². The molecule has 0 atom stereocenters. The molecule has 0 radical (unpaired) electrons. The Kier molecular flexibility index (Phi) is 3.08. The van der Waals surface area contributed by atoms with E-state index in [-0.39, 0.29) is 5.56 Å². The van der Waals surface area contributed by atoms with Gasteiger partial charge in [0.2, 0.25) is 5.95 Å². The van der Waals surface area contributed by atoms with Crippen LogP contribution < -0.4 is 10.6 Å². The monoisotopic (exact) mass is 283 g/mol. The molecule has 0 aliphatic rings. The van der Waals surface area contributed by atoms with Crippen molar-refractivity contribution in [1.82, 2.24) is 20.2 Å². The van der Waals surface area contributed by atoms with Crippen molar-refractivity contribution in [3.05, 3.63) is 35.8 Å². The Hall–Kier alpha value is -3.21. The number of aromatic amines is 1. The fourth-order valence-electron chi connectivity index (χ4n) is 1.89. The lowest BCUT2D eigenvalue weighted by Gasteiger charge is -2.09. The molecule has 0 bridgehead atoms. The molecule has 3 N–H and O–H groups in total. The fourth-order valence-corrected chi connectivity index (χ4v) is 1.89. The summed E-state index contributed by atoms with van der Waals surface area (Å²) in [7, 11) is 1.69. The molecule has 2 aromatic heterocycles. The summed E-state index contributed by atoms with van der Waals surface area (Å²) in [5, 5.41) is 22.3. The van der Waals surface area contributed by atoms with Gasteiger partial charge < -0.3 is 10.6 Å². The van der Waals surface area contributed by atoms with Crippen LogP contribution in [0.25, 0.3) is 11.0 Å². The molecule has 0 fully saturated rings. The van der Waals surface area contributed by atoms with Gasteiger partial charge in [0, 0.05) is 7.05 Å². The van der Waals surface area contributed by atoms with Gasteiger partial charge in [-0.05, 0) is 18.2 Å². The first kappa shape index (κ1) is 12.8. The number of nitrogens with zero attached hydrogens (tertiary/aromatic N) is 4. The van der Waals surface area contributed by atoms with Gasteiger partial charge in [0.1, 0.15) is 17.7 Å². The third-order valence-corrected chi connectivity index (χ3v) is 2.89. The highest BCUT2D eigenvalue weighted by molar-refractivity contribution is 5.89.